The van der Waals surface area contributed by atoms with Crippen LogP contribution >= 0.6 is 35.0 Å². The molecule has 0 fully saturated rings. The van der Waals surface area contributed by atoms with Gasteiger partial charge in [-0.25, -0.2) is 0 Å². The smallest absolute Gasteiger partial charge is 0.228 e. The topological polar surface area (TPSA) is 41.1 Å². The maximum Gasteiger partial charge on any atom is 0.228 e. The van der Waals surface area contributed by atoms with E-state index in [1.54, 1.807) is 0 Å². The van der Waals surface area contributed by atoms with Gasteiger partial charge in [0.25, 0.3) is 0 Å². The third-order valence-corrected chi connectivity index (χ3v) is 2.79. The number of carbonyl (C=O) groups is 1. The van der Waals surface area contributed by atoms with Crippen LogP contribution in [-0.4, -0.2) is 19.5 Å². The lowest BCUT2D eigenvalue weighted by Gasteiger charge is -2.11. The SMILES string of the molecule is CNCC(C)C(=O)Nc1ccc(I)cc1.Cl. The Kier molecular flexibility index (Phi) is 7.70. The van der Waals surface area contributed by atoms with E-state index < -0.39 is 0 Å². The Balaban J connectivity index is 0.00000225. The van der Waals surface area contributed by atoms with Crippen LogP contribution in [0.1, 0.15) is 6.92 Å². The van der Waals surface area contributed by atoms with Crippen LogP contribution in [0.5, 0.6) is 0 Å². The van der Waals surface area contributed by atoms with E-state index >= 15 is 0 Å². The van der Waals surface area contributed by atoms with Crippen LogP contribution in [0.4, 0.5) is 5.69 Å². The number of nitrogens with one attached hydrogen (secondary N) is 2. The maximum atomic E-state index is 11.6. The van der Waals surface area contributed by atoms with Crippen molar-refractivity contribution in [3.05, 3.63) is 27.8 Å². The minimum absolute atomic E-state index is 0. The van der Waals surface area contributed by atoms with Gasteiger partial charge in [0.1, 0.15) is 0 Å². The van der Waals surface area contributed by atoms with Gasteiger partial charge in [0.15, 0.2) is 0 Å². The predicted octanol–water partition coefficient (Wildman–Crippen LogP) is 2.51. The van der Waals surface area contributed by atoms with E-state index in [2.05, 4.69) is 33.2 Å². The molecule has 5 heteroatoms. The Morgan fingerprint density at radius 3 is 2.44 bits per heavy atom. The van der Waals surface area contributed by atoms with Gasteiger partial charge in [-0.15, -0.1) is 12.4 Å². The van der Waals surface area contributed by atoms with E-state index in [4.69, 9.17) is 0 Å². The molecule has 0 aliphatic carbocycles. The van der Waals surface area contributed by atoms with Gasteiger partial charge in [-0.1, -0.05) is 6.92 Å². The molecule has 1 amide bonds. The van der Waals surface area contributed by atoms with Gasteiger partial charge >= 0.3 is 0 Å². The molecule has 90 valence electrons. The van der Waals surface area contributed by atoms with Crippen molar-refractivity contribution in [2.45, 2.75) is 6.92 Å². The lowest BCUT2D eigenvalue weighted by molar-refractivity contribution is -0.119. The normalized spacial score (nSPS) is 11.4. The summed E-state index contributed by atoms with van der Waals surface area (Å²) in [5, 5.41) is 5.85. The number of halogens is 2. The van der Waals surface area contributed by atoms with Crippen molar-refractivity contribution in [1.29, 1.82) is 0 Å². The molecule has 0 aromatic heterocycles. The molecule has 0 saturated heterocycles. The standard InChI is InChI=1S/C11H15IN2O.ClH/c1-8(7-13-2)11(15)14-10-5-3-9(12)4-6-10;/h3-6,8,13H,7H2,1-2H3,(H,14,15);1H. The highest BCUT2D eigenvalue weighted by molar-refractivity contribution is 14.1. The molecule has 1 rings (SSSR count). The minimum Gasteiger partial charge on any atom is -0.326 e. The molecule has 1 aromatic rings. The van der Waals surface area contributed by atoms with Gasteiger partial charge in [-0.3, -0.25) is 4.79 Å². The zero-order chi connectivity index (χ0) is 11.3. The van der Waals surface area contributed by atoms with Crippen molar-refractivity contribution >= 4 is 46.6 Å². The predicted molar refractivity (Wildman–Crippen MR) is 78.1 cm³/mol. The molecular weight excluding hydrogens is 338 g/mol. The van der Waals surface area contributed by atoms with Crippen LogP contribution in [-0.2, 0) is 4.79 Å². The number of carbonyl (C=O) groups excluding carboxylic acids is 1. The van der Waals surface area contributed by atoms with Gasteiger partial charge in [0.05, 0.1) is 0 Å². The number of amides is 1. The molecule has 1 unspecified atom stereocenters. The number of benzene rings is 1. The highest BCUT2D eigenvalue weighted by Gasteiger charge is 2.11. The molecule has 0 heterocycles. The molecule has 0 saturated carbocycles. The van der Waals surface area contributed by atoms with Gasteiger partial charge in [-0.05, 0) is 53.9 Å². The van der Waals surface area contributed by atoms with Crippen LogP contribution in [0, 0.1) is 9.49 Å². The molecule has 2 N–H and O–H groups in total. The maximum absolute atomic E-state index is 11.6. The zero-order valence-corrected chi connectivity index (χ0v) is 12.3. The van der Waals surface area contributed by atoms with Gasteiger partial charge in [-0.2, -0.15) is 0 Å². The average molecular weight is 355 g/mol. The Labute approximate surface area is 116 Å². The average Bonchev–Trinajstić information content (AvgIpc) is 2.22. The van der Waals surface area contributed by atoms with Crippen LogP contribution in [0.15, 0.2) is 24.3 Å². The molecule has 0 aliphatic heterocycles. The van der Waals surface area contributed by atoms with Crippen LogP contribution in [0.3, 0.4) is 0 Å². The quantitative estimate of drug-likeness (QED) is 0.816. The summed E-state index contributed by atoms with van der Waals surface area (Å²) in [6.07, 6.45) is 0. The Hall–Kier alpha value is -0.330. The minimum atomic E-state index is -0.0192. The lowest BCUT2D eigenvalue weighted by atomic mass is 10.1. The number of rotatable bonds is 4. The van der Waals surface area contributed by atoms with Crippen molar-refractivity contribution in [2.24, 2.45) is 5.92 Å². The summed E-state index contributed by atoms with van der Waals surface area (Å²) >= 11 is 2.23. The van der Waals surface area contributed by atoms with Crippen molar-refractivity contribution in [1.82, 2.24) is 5.32 Å². The summed E-state index contributed by atoms with van der Waals surface area (Å²) < 4.78 is 1.16. The number of hydrogen-bond acceptors (Lipinski definition) is 2. The molecule has 0 bridgehead atoms. The molecule has 0 spiro atoms. The van der Waals surface area contributed by atoms with Crippen molar-refractivity contribution in [3.63, 3.8) is 0 Å². The van der Waals surface area contributed by atoms with Crippen LogP contribution in [0.2, 0.25) is 0 Å². The van der Waals surface area contributed by atoms with Crippen molar-refractivity contribution in [3.8, 4) is 0 Å². The molecule has 1 atom stereocenters. The highest BCUT2D eigenvalue weighted by Crippen LogP contribution is 2.12. The van der Waals surface area contributed by atoms with Gasteiger partial charge < -0.3 is 10.6 Å². The van der Waals surface area contributed by atoms with Crippen LogP contribution in [0.25, 0.3) is 0 Å². The summed E-state index contributed by atoms with van der Waals surface area (Å²) in [7, 11) is 1.84. The molecule has 1 aromatic carbocycles. The summed E-state index contributed by atoms with van der Waals surface area (Å²) in [6.45, 7) is 2.59. The first-order valence-electron chi connectivity index (χ1n) is 4.84. The summed E-state index contributed by atoms with van der Waals surface area (Å²) in [4.78, 5) is 11.6. The molecule has 3 nitrogen and oxygen atoms in total. The number of hydrogen-bond donors (Lipinski definition) is 2. The zero-order valence-electron chi connectivity index (χ0n) is 9.29. The third-order valence-electron chi connectivity index (χ3n) is 2.07. The Morgan fingerprint density at radius 1 is 1.38 bits per heavy atom. The van der Waals surface area contributed by atoms with E-state index in [1.807, 2.05) is 38.2 Å². The summed E-state index contributed by atoms with van der Waals surface area (Å²) in [6, 6.07) is 7.76. The van der Waals surface area contributed by atoms with E-state index in [0.29, 0.717) is 6.54 Å². The van der Waals surface area contributed by atoms with E-state index in [-0.39, 0.29) is 24.2 Å². The second-order valence-corrected chi connectivity index (χ2v) is 4.70. The summed E-state index contributed by atoms with van der Waals surface area (Å²) in [5.74, 6) is 0.0276. The van der Waals surface area contributed by atoms with Crippen molar-refractivity contribution in [2.75, 3.05) is 18.9 Å². The highest BCUT2D eigenvalue weighted by atomic mass is 127. The van der Waals surface area contributed by atoms with E-state index in [1.165, 1.54) is 0 Å². The Bertz CT molecular complexity index is 329. The molecule has 16 heavy (non-hydrogen) atoms. The molecular formula is C11H16ClIN2O. The number of anilines is 1. The first-order valence-corrected chi connectivity index (χ1v) is 5.92. The molecule has 0 radical (unpaired) electrons. The molecule has 0 aliphatic rings. The van der Waals surface area contributed by atoms with Crippen molar-refractivity contribution < 1.29 is 4.79 Å². The third kappa shape index (κ3) is 5.14. The lowest BCUT2D eigenvalue weighted by Crippen LogP contribution is -2.28. The van der Waals surface area contributed by atoms with E-state index in [9.17, 15) is 4.79 Å². The fraction of sp³-hybridized carbons (Fsp3) is 0.364. The fourth-order valence-corrected chi connectivity index (χ4v) is 1.56. The first-order chi connectivity index (χ1) is 7.13. The second-order valence-electron chi connectivity index (χ2n) is 3.45. The monoisotopic (exact) mass is 354 g/mol. The van der Waals surface area contributed by atoms with Gasteiger partial charge in [0.2, 0.25) is 5.91 Å². The van der Waals surface area contributed by atoms with E-state index in [0.717, 1.165) is 9.26 Å². The van der Waals surface area contributed by atoms with Gasteiger partial charge in [0, 0.05) is 21.7 Å². The first kappa shape index (κ1) is 15.7. The summed E-state index contributed by atoms with van der Waals surface area (Å²) in [5.41, 5.74) is 0.850. The van der Waals surface area contributed by atoms with Crippen LogP contribution < -0.4 is 10.6 Å². The second kappa shape index (κ2) is 7.86. The Morgan fingerprint density at radius 2 is 1.94 bits per heavy atom. The largest absolute Gasteiger partial charge is 0.326 e. The fourth-order valence-electron chi connectivity index (χ4n) is 1.20.